The molecular weight excluding hydrogens is 631 g/mol. The van der Waals surface area contributed by atoms with Crippen molar-refractivity contribution in [3.05, 3.63) is 211 Å². The second-order valence-electron chi connectivity index (χ2n) is 13.4. The second kappa shape index (κ2) is 12.0. The Balaban J connectivity index is 1.10. The van der Waals surface area contributed by atoms with Crippen molar-refractivity contribution >= 4 is 39.0 Å². The average Bonchev–Trinajstić information content (AvgIpc) is 3.77. The third-order valence-electron chi connectivity index (χ3n) is 10.6. The Kier molecular flexibility index (Phi) is 6.26. The van der Waals surface area contributed by atoms with Gasteiger partial charge in [0.15, 0.2) is 5.58 Å². The van der Waals surface area contributed by atoms with Gasteiger partial charge in [-0.15, -0.1) is 0 Å². The zero-order valence-corrected chi connectivity index (χ0v) is 28.3. The fourth-order valence-corrected chi connectivity index (χ4v) is 8.09. The van der Waals surface area contributed by atoms with Crippen LogP contribution in [-0.2, 0) is 5.41 Å². The highest BCUT2D eigenvalue weighted by Gasteiger charge is 2.40. The van der Waals surface area contributed by atoms with Crippen LogP contribution >= 0.6 is 0 Å². The molecule has 0 amide bonds. The lowest BCUT2D eigenvalue weighted by Crippen LogP contribution is -2.22. The van der Waals surface area contributed by atoms with Gasteiger partial charge >= 0.3 is 0 Å². The summed E-state index contributed by atoms with van der Waals surface area (Å²) >= 11 is 0. The first-order chi connectivity index (χ1) is 26.9. The van der Waals surface area contributed by atoms with Gasteiger partial charge in [0, 0.05) is 37.2 Å². The van der Waals surface area contributed by atoms with Crippen LogP contribution in [0.15, 0.2) is 199 Å². The molecule has 8 aromatic carbocycles. The lowest BCUT2D eigenvalue weighted by Gasteiger charge is -2.28. The van der Waals surface area contributed by atoms with E-state index in [0.717, 1.165) is 83.5 Å². The summed E-state index contributed by atoms with van der Waals surface area (Å²) in [7, 11) is 0. The van der Waals surface area contributed by atoms with Crippen molar-refractivity contribution < 1.29 is 8.53 Å². The number of benzene rings is 8. The van der Waals surface area contributed by atoms with E-state index >= 15 is 0 Å². The second-order valence-corrected chi connectivity index (χ2v) is 13.4. The van der Waals surface area contributed by atoms with Gasteiger partial charge in [-0.2, -0.15) is 0 Å². The molecule has 0 saturated heterocycles. The Labute approximate surface area is 308 Å². The van der Waals surface area contributed by atoms with E-state index in [1.165, 1.54) is 5.56 Å². The Morgan fingerprint density at radius 1 is 0.423 bits per heavy atom. The van der Waals surface area contributed by atoms with Gasteiger partial charge in [-0.05, 0) is 81.7 Å². The van der Waals surface area contributed by atoms with Crippen molar-refractivity contribution in [1.82, 2.24) is 0 Å². The number of fused-ring (bicyclic) bond motifs is 6. The molecule has 0 unspecified atom stereocenters. The summed E-state index contributed by atoms with van der Waals surface area (Å²) in [5, 5.41) is 2.04. The van der Waals surface area contributed by atoms with E-state index in [-0.39, 0.29) is 0 Å². The molecule has 0 aliphatic heterocycles. The molecule has 0 atom stereocenters. The van der Waals surface area contributed by atoms with Gasteiger partial charge < -0.3 is 9.32 Å². The monoisotopic (exact) mass is 668 g/mol. The van der Waals surface area contributed by atoms with E-state index in [2.05, 4.69) is 114 Å². The quantitative estimate of drug-likeness (QED) is 0.175. The molecule has 1 aliphatic carbocycles. The Hall–Kier alpha value is -6.64. The lowest BCUT2D eigenvalue weighted by atomic mass is 9.74. The highest BCUT2D eigenvalue weighted by Crippen LogP contribution is 2.52. The zero-order valence-electron chi connectivity index (χ0n) is 31.3. The molecule has 10 rings (SSSR count). The third kappa shape index (κ3) is 4.65. The molecule has 0 fully saturated rings. The van der Waals surface area contributed by atoms with Crippen LogP contribution in [0.5, 0.6) is 0 Å². The maximum atomic E-state index is 9.01. The molecular formula is C50H35NO. The molecule has 9 aromatic rings. The Bertz CT molecular complexity index is 2800. The maximum Gasteiger partial charge on any atom is 0.159 e. The summed E-state index contributed by atoms with van der Waals surface area (Å²) in [4.78, 5) is 2.25. The largest absolute Gasteiger partial charge is 0.453 e. The predicted octanol–water partition coefficient (Wildman–Crippen LogP) is 13.7. The van der Waals surface area contributed by atoms with Crippen molar-refractivity contribution in [3.8, 4) is 33.4 Å². The van der Waals surface area contributed by atoms with Crippen LogP contribution in [-0.4, -0.2) is 0 Å². The molecule has 1 heterocycles. The summed E-state index contributed by atoms with van der Waals surface area (Å²) < 4.78 is 34.0. The van der Waals surface area contributed by atoms with Gasteiger partial charge in [0.2, 0.25) is 0 Å². The van der Waals surface area contributed by atoms with Gasteiger partial charge in [0.05, 0.1) is 5.69 Å². The van der Waals surface area contributed by atoms with E-state index in [0.29, 0.717) is 0 Å². The Morgan fingerprint density at radius 2 is 0.942 bits per heavy atom. The van der Waals surface area contributed by atoms with Crippen molar-refractivity contribution in [3.63, 3.8) is 0 Å². The molecule has 246 valence electrons. The minimum Gasteiger partial charge on any atom is -0.453 e. The Morgan fingerprint density at radius 3 is 1.62 bits per heavy atom. The zero-order chi connectivity index (χ0) is 37.1. The summed E-state index contributed by atoms with van der Waals surface area (Å²) in [6.45, 7) is -2.33. The average molecular weight is 669 g/mol. The standard InChI is InChI=1S/C50H35NO/c1-50(45-23-10-8-18-41(45)42-19-9-11-24-46(42)50)37-30-26-36(27-31-37)40-20-12-21-43-44-22-13-25-47(49(44)52-48(40)43)51(38-16-6-3-7-17-38)39-32-28-35(29-33-39)34-14-4-2-5-15-34/h2-33H,1H3/i1D3. The molecule has 0 N–H and O–H groups in total. The molecule has 0 spiro atoms. The summed E-state index contributed by atoms with van der Waals surface area (Å²) in [5.41, 5.74) is 11.8. The number of nitrogens with zero attached hydrogens (tertiary/aromatic N) is 1. The highest BCUT2D eigenvalue weighted by molar-refractivity contribution is 6.13. The number of furan rings is 1. The van der Waals surface area contributed by atoms with Crippen LogP contribution < -0.4 is 4.90 Å². The number of hydrogen-bond donors (Lipinski definition) is 0. The topological polar surface area (TPSA) is 16.4 Å². The van der Waals surface area contributed by atoms with Crippen LogP contribution in [0.3, 0.4) is 0 Å². The number of rotatable bonds is 6. The van der Waals surface area contributed by atoms with Gasteiger partial charge in [0.25, 0.3) is 0 Å². The minimum absolute atomic E-state index is 0.740. The van der Waals surface area contributed by atoms with Crippen molar-refractivity contribution in [1.29, 1.82) is 0 Å². The summed E-state index contributed by atoms with van der Waals surface area (Å²) in [6, 6.07) is 65.9. The number of para-hydroxylation sites is 3. The van der Waals surface area contributed by atoms with Crippen LogP contribution in [0.1, 0.15) is 27.7 Å². The molecule has 0 radical (unpaired) electrons. The first kappa shape index (κ1) is 27.1. The SMILES string of the molecule is [2H]C([2H])([2H])C1(c2ccc(-c3cccc4c3oc3c(N(c5ccccc5)c5ccc(-c6ccccc6)cc5)cccc34)cc2)c2ccccc2-c2ccccc21. The fraction of sp³-hybridized carbons (Fsp3) is 0.0400. The van der Waals surface area contributed by atoms with E-state index in [1.807, 2.05) is 84.9 Å². The normalized spacial score (nSPS) is 14.0. The van der Waals surface area contributed by atoms with Crippen molar-refractivity contribution in [2.45, 2.75) is 12.3 Å². The van der Waals surface area contributed by atoms with Gasteiger partial charge in [-0.3, -0.25) is 0 Å². The van der Waals surface area contributed by atoms with E-state index in [4.69, 9.17) is 8.53 Å². The van der Waals surface area contributed by atoms with E-state index < -0.39 is 12.3 Å². The molecule has 1 aromatic heterocycles. The first-order valence-electron chi connectivity index (χ1n) is 19.2. The first-order valence-corrected chi connectivity index (χ1v) is 17.7. The molecule has 52 heavy (non-hydrogen) atoms. The van der Waals surface area contributed by atoms with Crippen molar-refractivity contribution in [2.24, 2.45) is 0 Å². The molecule has 2 nitrogen and oxygen atoms in total. The molecule has 0 bridgehead atoms. The van der Waals surface area contributed by atoms with Crippen LogP contribution in [0, 0.1) is 0 Å². The summed E-state index contributed by atoms with van der Waals surface area (Å²) in [5.74, 6) is 0. The van der Waals surface area contributed by atoms with Crippen LogP contribution in [0.25, 0.3) is 55.3 Å². The molecule has 2 heteroatoms. The molecule has 1 aliphatic rings. The minimum atomic E-state index is -2.33. The molecule has 0 saturated carbocycles. The smallest absolute Gasteiger partial charge is 0.159 e. The van der Waals surface area contributed by atoms with Gasteiger partial charge in [-0.25, -0.2) is 0 Å². The van der Waals surface area contributed by atoms with Gasteiger partial charge in [-0.1, -0.05) is 164 Å². The fourth-order valence-electron chi connectivity index (χ4n) is 8.09. The van der Waals surface area contributed by atoms with Crippen LogP contribution in [0.2, 0.25) is 0 Å². The lowest BCUT2D eigenvalue weighted by molar-refractivity contribution is 0.670. The highest BCUT2D eigenvalue weighted by atomic mass is 16.3. The van der Waals surface area contributed by atoms with Crippen molar-refractivity contribution in [2.75, 3.05) is 4.90 Å². The van der Waals surface area contributed by atoms with Gasteiger partial charge in [0.1, 0.15) is 5.58 Å². The van der Waals surface area contributed by atoms with E-state index in [1.54, 1.807) is 0 Å². The van der Waals surface area contributed by atoms with E-state index in [9.17, 15) is 0 Å². The number of hydrogen-bond acceptors (Lipinski definition) is 2. The number of anilines is 3. The maximum absolute atomic E-state index is 9.01. The summed E-state index contributed by atoms with van der Waals surface area (Å²) in [6.07, 6.45) is 0. The predicted molar refractivity (Wildman–Crippen MR) is 217 cm³/mol. The third-order valence-corrected chi connectivity index (χ3v) is 10.6. The van der Waals surface area contributed by atoms with Crippen LogP contribution in [0.4, 0.5) is 17.1 Å².